The molecule has 0 aromatic heterocycles. The summed E-state index contributed by atoms with van der Waals surface area (Å²) in [7, 11) is 0. The first kappa shape index (κ1) is 19.2. The molecule has 2 aromatic carbocycles. The minimum atomic E-state index is -0.259. The number of carbonyl (C=O) groups is 2. The van der Waals surface area contributed by atoms with Gasteiger partial charge in [-0.3, -0.25) is 9.59 Å². The summed E-state index contributed by atoms with van der Waals surface area (Å²) in [5.41, 5.74) is 8.43. The number of hydrogen-bond acceptors (Lipinski definition) is 4. The molecule has 1 atom stereocenters. The van der Waals surface area contributed by atoms with E-state index in [1.807, 2.05) is 54.6 Å². The van der Waals surface area contributed by atoms with Crippen molar-refractivity contribution in [1.29, 1.82) is 0 Å². The summed E-state index contributed by atoms with van der Waals surface area (Å²) in [6.07, 6.45) is 4.42. The van der Waals surface area contributed by atoms with Crippen molar-refractivity contribution in [2.24, 2.45) is 16.8 Å². The third-order valence-corrected chi connectivity index (χ3v) is 5.70. The van der Waals surface area contributed by atoms with Crippen LogP contribution in [-0.2, 0) is 20.9 Å². The van der Waals surface area contributed by atoms with Crippen molar-refractivity contribution in [2.75, 3.05) is 6.61 Å². The molecule has 2 aromatic rings. The summed E-state index contributed by atoms with van der Waals surface area (Å²) < 4.78 is 5.49. The first-order chi connectivity index (χ1) is 14.1. The second-order valence-corrected chi connectivity index (χ2v) is 7.68. The number of benzene rings is 2. The molecule has 1 saturated carbocycles. The fourth-order valence-corrected chi connectivity index (χ4v) is 4.21. The van der Waals surface area contributed by atoms with E-state index in [9.17, 15) is 9.59 Å². The zero-order valence-electron chi connectivity index (χ0n) is 16.3. The molecule has 0 bridgehead atoms. The highest BCUT2D eigenvalue weighted by atomic mass is 16.5. The van der Waals surface area contributed by atoms with Gasteiger partial charge in [0.2, 0.25) is 11.8 Å². The van der Waals surface area contributed by atoms with E-state index in [1.165, 1.54) is 5.01 Å². The van der Waals surface area contributed by atoms with Gasteiger partial charge >= 0.3 is 0 Å². The fraction of sp³-hybridized carbons (Fsp3) is 0.348. The quantitative estimate of drug-likeness (QED) is 0.821. The topological polar surface area (TPSA) is 85.0 Å². The average Bonchev–Trinajstić information content (AvgIpc) is 3.26. The number of carbonyl (C=O) groups excluding carboxylic acids is 2. The van der Waals surface area contributed by atoms with Crippen LogP contribution in [0.25, 0.3) is 0 Å². The summed E-state index contributed by atoms with van der Waals surface area (Å²) >= 11 is 0. The van der Waals surface area contributed by atoms with Crippen molar-refractivity contribution in [3.63, 3.8) is 0 Å². The molecule has 1 fully saturated rings. The smallest absolute Gasteiger partial charge is 0.281 e. The normalized spacial score (nSPS) is 18.3. The monoisotopic (exact) mass is 391 g/mol. The lowest BCUT2D eigenvalue weighted by Crippen LogP contribution is -2.36. The Balaban J connectivity index is 1.50. The van der Waals surface area contributed by atoms with Gasteiger partial charge in [0.1, 0.15) is 0 Å². The van der Waals surface area contributed by atoms with Crippen molar-refractivity contribution >= 4 is 17.7 Å². The van der Waals surface area contributed by atoms with Crippen LogP contribution in [0, 0.1) is 5.92 Å². The van der Waals surface area contributed by atoms with E-state index in [4.69, 9.17) is 10.5 Å². The predicted molar refractivity (Wildman–Crippen MR) is 110 cm³/mol. The molecule has 1 unspecified atom stereocenters. The third-order valence-electron chi connectivity index (χ3n) is 5.70. The number of hydrogen-bond donors (Lipinski definition) is 1. The summed E-state index contributed by atoms with van der Waals surface area (Å²) in [6, 6.07) is 17.3. The average molecular weight is 391 g/mol. The van der Waals surface area contributed by atoms with Crippen molar-refractivity contribution < 1.29 is 14.3 Å². The zero-order valence-corrected chi connectivity index (χ0v) is 16.3. The Morgan fingerprint density at radius 3 is 2.45 bits per heavy atom. The summed E-state index contributed by atoms with van der Waals surface area (Å²) in [5.74, 6) is 0.0909. The van der Waals surface area contributed by atoms with E-state index < -0.39 is 0 Å². The Bertz CT molecular complexity index is 903. The van der Waals surface area contributed by atoms with Gasteiger partial charge in [-0.1, -0.05) is 55.3 Å². The molecular weight excluding hydrogens is 366 g/mol. The van der Waals surface area contributed by atoms with Crippen LogP contribution >= 0.6 is 0 Å². The number of amides is 2. The van der Waals surface area contributed by atoms with Crippen molar-refractivity contribution in [1.82, 2.24) is 5.01 Å². The molecular formula is C23H25N3O3. The molecule has 6 heteroatoms. The highest BCUT2D eigenvalue weighted by Crippen LogP contribution is 2.37. The van der Waals surface area contributed by atoms with Crippen LogP contribution in [0.2, 0.25) is 0 Å². The summed E-state index contributed by atoms with van der Waals surface area (Å²) in [4.78, 5) is 24.3. The Kier molecular flexibility index (Phi) is 5.60. The standard InChI is InChI=1S/C23H25N3O3/c24-22(28)21(17-6-4-5-7-17)18-12-10-16(11-13-18)14-26-20(27)15-29-23(25-26)19-8-2-1-3-9-19/h1-3,8-13,17,21H,4-7,14-15H2,(H2,24,28). The largest absolute Gasteiger partial charge is 0.466 e. The molecule has 150 valence electrons. The van der Waals surface area contributed by atoms with Crippen LogP contribution in [0.3, 0.4) is 0 Å². The van der Waals surface area contributed by atoms with Crippen molar-refractivity contribution in [3.8, 4) is 0 Å². The lowest BCUT2D eigenvalue weighted by atomic mass is 9.84. The van der Waals surface area contributed by atoms with Crippen LogP contribution in [0.5, 0.6) is 0 Å². The summed E-state index contributed by atoms with van der Waals surface area (Å²) in [5, 5.41) is 5.82. The van der Waals surface area contributed by atoms with Crippen molar-refractivity contribution in [2.45, 2.75) is 38.1 Å². The van der Waals surface area contributed by atoms with E-state index in [0.29, 0.717) is 18.4 Å². The van der Waals surface area contributed by atoms with Gasteiger partial charge in [0, 0.05) is 5.56 Å². The molecule has 4 rings (SSSR count). The van der Waals surface area contributed by atoms with E-state index in [0.717, 1.165) is 42.4 Å². The van der Waals surface area contributed by atoms with Gasteiger partial charge in [-0.15, -0.1) is 5.10 Å². The van der Waals surface area contributed by atoms with E-state index in [2.05, 4.69) is 5.10 Å². The van der Waals surface area contributed by atoms with Crippen LogP contribution in [0.1, 0.15) is 48.3 Å². The van der Waals surface area contributed by atoms with Crippen molar-refractivity contribution in [3.05, 3.63) is 71.3 Å². The van der Waals surface area contributed by atoms with E-state index in [-0.39, 0.29) is 24.3 Å². The minimum absolute atomic E-state index is 0.0305. The molecule has 2 aliphatic rings. The number of nitrogens with two attached hydrogens (primary N) is 1. The molecule has 1 heterocycles. The van der Waals surface area contributed by atoms with Gasteiger partial charge < -0.3 is 10.5 Å². The Morgan fingerprint density at radius 2 is 1.79 bits per heavy atom. The van der Waals surface area contributed by atoms with Gasteiger partial charge in [0.05, 0.1) is 12.5 Å². The lowest BCUT2D eigenvalue weighted by molar-refractivity contribution is -0.136. The molecule has 2 N–H and O–H groups in total. The minimum Gasteiger partial charge on any atom is -0.466 e. The van der Waals surface area contributed by atoms with Gasteiger partial charge in [0.15, 0.2) is 6.61 Å². The highest BCUT2D eigenvalue weighted by Gasteiger charge is 2.30. The molecule has 0 radical (unpaired) electrons. The zero-order chi connectivity index (χ0) is 20.2. The first-order valence-corrected chi connectivity index (χ1v) is 10.1. The number of rotatable bonds is 6. The molecule has 1 aliphatic heterocycles. The first-order valence-electron chi connectivity index (χ1n) is 10.1. The number of primary amides is 1. The molecule has 1 aliphatic carbocycles. The van der Waals surface area contributed by atoms with E-state index >= 15 is 0 Å². The fourth-order valence-electron chi connectivity index (χ4n) is 4.21. The second-order valence-electron chi connectivity index (χ2n) is 7.68. The van der Waals surface area contributed by atoms with Crippen LogP contribution in [-0.4, -0.2) is 29.3 Å². The van der Waals surface area contributed by atoms with Gasteiger partial charge in [-0.2, -0.15) is 0 Å². The van der Waals surface area contributed by atoms with Crippen LogP contribution < -0.4 is 5.73 Å². The van der Waals surface area contributed by atoms with E-state index in [1.54, 1.807) is 0 Å². The highest BCUT2D eigenvalue weighted by molar-refractivity contribution is 5.97. The Labute approximate surface area is 170 Å². The van der Waals surface area contributed by atoms with Crippen LogP contribution in [0.15, 0.2) is 59.7 Å². The number of ether oxygens (including phenoxy) is 1. The maximum atomic E-state index is 12.2. The van der Waals surface area contributed by atoms with Crippen LogP contribution in [0.4, 0.5) is 0 Å². The third kappa shape index (κ3) is 4.31. The molecule has 0 spiro atoms. The Hall–Kier alpha value is -3.15. The number of nitrogens with zero attached hydrogens (tertiary/aromatic N) is 2. The predicted octanol–water partition coefficient (Wildman–Crippen LogP) is 3.17. The maximum absolute atomic E-state index is 12.2. The summed E-state index contributed by atoms with van der Waals surface area (Å²) in [6.45, 7) is 0.320. The maximum Gasteiger partial charge on any atom is 0.281 e. The molecule has 0 saturated heterocycles. The molecule has 29 heavy (non-hydrogen) atoms. The number of hydrazone groups is 1. The second kappa shape index (κ2) is 8.47. The van der Waals surface area contributed by atoms with Gasteiger partial charge in [-0.25, -0.2) is 5.01 Å². The SMILES string of the molecule is NC(=O)C(c1ccc(CN2N=C(c3ccccc3)OCC2=O)cc1)C1CCCC1. The molecule has 2 amide bonds. The molecule has 6 nitrogen and oxygen atoms in total. The van der Waals surface area contributed by atoms with Gasteiger partial charge in [-0.05, 0) is 42.0 Å². The van der Waals surface area contributed by atoms with Gasteiger partial charge in [0.25, 0.3) is 5.91 Å². The Morgan fingerprint density at radius 1 is 1.10 bits per heavy atom. The lowest BCUT2D eigenvalue weighted by Gasteiger charge is -2.24.